The zero-order chi connectivity index (χ0) is 20.9. The summed E-state index contributed by atoms with van der Waals surface area (Å²) in [5.41, 5.74) is 2.70. The van der Waals surface area contributed by atoms with E-state index in [2.05, 4.69) is 10.2 Å². The molecular weight excluding hydrogens is 400 g/mol. The summed E-state index contributed by atoms with van der Waals surface area (Å²) in [6.45, 7) is 4.49. The van der Waals surface area contributed by atoms with Gasteiger partial charge in [0, 0.05) is 61.5 Å². The topological polar surface area (TPSA) is 78.7 Å². The van der Waals surface area contributed by atoms with Gasteiger partial charge in [0.15, 0.2) is 0 Å². The SMILES string of the molecule is O=C(Nc1ccccc1CN1CCSCC1)c1ccc(N2CCCC2)c([N+](=O)[O-])c1. The molecule has 0 radical (unpaired) electrons. The smallest absolute Gasteiger partial charge is 0.293 e. The van der Waals surface area contributed by atoms with Gasteiger partial charge in [-0.05, 0) is 36.6 Å². The van der Waals surface area contributed by atoms with Crippen molar-refractivity contribution in [1.82, 2.24) is 4.90 Å². The van der Waals surface area contributed by atoms with Gasteiger partial charge in [-0.3, -0.25) is 19.8 Å². The Morgan fingerprint density at radius 2 is 1.80 bits per heavy atom. The van der Waals surface area contributed by atoms with E-state index in [0.29, 0.717) is 11.3 Å². The number of rotatable bonds is 6. The molecule has 2 aliphatic rings. The fourth-order valence-electron chi connectivity index (χ4n) is 4.01. The Hall–Kier alpha value is -2.58. The van der Waals surface area contributed by atoms with Crippen molar-refractivity contribution in [3.63, 3.8) is 0 Å². The Labute approximate surface area is 180 Å². The number of amides is 1. The van der Waals surface area contributed by atoms with Crippen LogP contribution in [0.4, 0.5) is 17.1 Å². The van der Waals surface area contributed by atoms with Crippen LogP contribution in [-0.4, -0.2) is 53.4 Å². The van der Waals surface area contributed by atoms with Gasteiger partial charge in [-0.25, -0.2) is 0 Å². The molecule has 2 fully saturated rings. The minimum atomic E-state index is -0.396. The minimum absolute atomic E-state index is 0.0105. The van der Waals surface area contributed by atoms with Crippen molar-refractivity contribution < 1.29 is 9.72 Å². The van der Waals surface area contributed by atoms with Crippen molar-refractivity contribution in [3.05, 3.63) is 63.7 Å². The summed E-state index contributed by atoms with van der Waals surface area (Å²) in [5, 5.41) is 14.6. The first kappa shape index (κ1) is 20.7. The van der Waals surface area contributed by atoms with Gasteiger partial charge in [0.2, 0.25) is 0 Å². The number of thioether (sulfide) groups is 1. The molecule has 0 spiro atoms. The van der Waals surface area contributed by atoms with E-state index < -0.39 is 4.92 Å². The molecule has 0 unspecified atom stereocenters. The lowest BCUT2D eigenvalue weighted by Gasteiger charge is -2.27. The number of nitrogens with one attached hydrogen (secondary N) is 1. The first-order valence-corrected chi connectivity index (χ1v) is 11.5. The molecule has 0 atom stereocenters. The van der Waals surface area contributed by atoms with Crippen LogP contribution in [0.5, 0.6) is 0 Å². The standard InChI is InChI=1S/C22H26N4O3S/c27-22(17-7-8-20(21(15-17)26(28)29)25-9-3-4-10-25)23-19-6-2-1-5-18(19)16-24-11-13-30-14-12-24/h1-2,5-8,15H,3-4,9-14,16H2,(H,23,27). The maximum atomic E-state index is 12.9. The molecule has 4 rings (SSSR count). The van der Waals surface area contributed by atoms with Crippen LogP contribution >= 0.6 is 11.8 Å². The number of hydrogen-bond acceptors (Lipinski definition) is 6. The number of hydrogen-bond donors (Lipinski definition) is 1. The average molecular weight is 427 g/mol. The van der Waals surface area contributed by atoms with Gasteiger partial charge in [0.1, 0.15) is 5.69 Å². The van der Waals surface area contributed by atoms with Crippen LogP contribution in [0.15, 0.2) is 42.5 Å². The van der Waals surface area contributed by atoms with Gasteiger partial charge in [0.25, 0.3) is 11.6 Å². The lowest BCUT2D eigenvalue weighted by Crippen LogP contribution is -2.32. The number of anilines is 2. The van der Waals surface area contributed by atoms with Gasteiger partial charge in [-0.1, -0.05) is 18.2 Å². The summed E-state index contributed by atoms with van der Waals surface area (Å²) in [5.74, 6) is 1.93. The van der Waals surface area contributed by atoms with E-state index in [1.54, 1.807) is 12.1 Å². The second-order valence-corrected chi connectivity index (χ2v) is 8.88. The van der Waals surface area contributed by atoms with Crippen molar-refractivity contribution in [3.8, 4) is 0 Å². The second kappa shape index (κ2) is 9.49. The number of nitro benzene ring substituents is 1. The fraction of sp³-hybridized carbons (Fsp3) is 0.409. The highest BCUT2D eigenvalue weighted by Gasteiger charge is 2.24. The largest absolute Gasteiger partial charge is 0.366 e. The van der Waals surface area contributed by atoms with Crippen molar-refractivity contribution in [1.29, 1.82) is 0 Å². The van der Waals surface area contributed by atoms with Gasteiger partial charge >= 0.3 is 0 Å². The molecule has 0 bridgehead atoms. The monoisotopic (exact) mass is 426 g/mol. The lowest BCUT2D eigenvalue weighted by molar-refractivity contribution is -0.384. The Bertz CT molecular complexity index is 924. The van der Waals surface area contributed by atoms with Gasteiger partial charge in [0.05, 0.1) is 4.92 Å². The summed E-state index contributed by atoms with van der Waals surface area (Å²) in [4.78, 5) is 28.5. The molecular formula is C22H26N4O3S. The number of benzene rings is 2. The molecule has 7 nitrogen and oxygen atoms in total. The Morgan fingerprint density at radius 3 is 2.53 bits per heavy atom. The van der Waals surface area contributed by atoms with E-state index in [1.807, 2.05) is 40.9 Å². The summed E-state index contributed by atoms with van der Waals surface area (Å²) >= 11 is 1.97. The van der Waals surface area contributed by atoms with Gasteiger partial charge < -0.3 is 10.2 Å². The molecule has 8 heteroatoms. The third kappa shape index (κ3) is 4.76. The van der Waals surface area contributed by atoms with E-state index in [1.165, 1.54) is 6.07 Å². The predicted octanol–water partition coefficient (Wildman–Crippen LogP) is 4.00. The van der Waals surface area contributed by atoms with Crippen LogP contribution in [0, 0.1) is 10.1 Å². The number of carbonyl (C=O) groups excluding carboxylic acids is 1. The van der Waals surface area contributed by atoms with Gasteiger partial charge in [-0.15, -0.1) is 0 Å². The summed E-state index contributed by atoms with van der Waals surface area (Å²) in [6.07, 6.45) is 2.07. The molecule has 1 N–H and O–H groups in total. The van der Waals surface area contributed by atoms with Crippen molar-refractivity contribution in [2.75, 3.05) is 47.9 Å². The Kier molecular flexibility index (Phi) is 6.54. The summed E-state index contributed by atoms with van der Waals surface area (Å²) in [6, 6.07) is 12.6. The third-order valence-electron chi connectivity index (χ3n) is 5.64. The molecule has 2 saturated heterocycles. The fourth-order valence-corrected chi connectivity index (χ4v) is 4.99. The highest BCUT2D eigenvalue weighted by atomic mass is 32.2. The highest BCUT2D eigenvalue weighted by molar-refractivity contribution is 7.99. The minimum Gasteiger partial charge on any atom is -0.366 e. The zero-order valence-electron chi connectivity index (χ0n) is 16.9. The number of nitrogens with zero attached hydrogens (tertiary/aromatic N) is 3. The molecule has 158 valence electrons. The zero-order valence-corrected chi connectivity index (χ0v) is 17.7. The van der Waals surface area contributed by atoms with Crippen molar-refractivity contribution in [2.24, 2.45) is 0 Å². The highest BCUT2D eigenvalue weighted by Crippen LogP contribution is 2.32. The van der Waals surface area contributed by atoms with Crippen LogP contribution < -0.4 is 10.2 Å². The maximum Gasteiger partial charge on any atom is 0.293 e. The number of nitro groups is 1. The molecule has 2 aliphatic heterocycles. The average Bonchev–Trinajstić information content (AvgIpc) is 3.30. The van der Waals surface area contributed by atoms with E-state index >= 15 is 0 Å². The van der Waals surface area contributed by atoms with E-state index in [0.717, 1.165) is 68.3 Å². The van der Waals surface area contributed by atoms with E-state index in [4.69, 9.17) is 0 Å². The maximum absolute atomic E-state index is 12.9. The van der Waals surface area contributed by atoms with Crippen LogP contribution in [-0.2, 0) is 6.54 Å². The molecule has 2 aromatic carbocycles. The molecule has 2 aromatic rings. The van der Waals surface area contributed by atoms with Gasteiger partial charge in [-0.2, -0.15) is 11.8 Å². The van der Waals surface area contributed by atoms with E-state index in [-0.39, 0.29) is 11.6 Å². The van der Waals surface area contributed by atoms with Crippen LogP contribution in [0.25, 0.3) is 0 Å². The van der Waals surface area contributed by atoms with Crippen LogP contribution in [0.3, 0.4) is 0 Å². The quantitative estimate of drug-likeness (QED) is 0.556. The first-order valence-electron chi connectivity index (χ1n) is 10.3. The molecule has 2 heterocycles. The predicted molar refractivity (Wildman–Crippen MR) is 122 cm³/mol. The molecule has 30 heavy (non-hydrogen) atoms. The summed E-state index contributed by atoms with van der Waals surface area (Å²) < 4.78 is 0. The number of carbonyl (C=O) groups is 1. The molecule has 0 aliphatic carbocycles. The van der Waals surface area contributed by atoms with Crippen molar-refractivity contribution in [2.45, 2.75) is 19.4 Å². The normalized spacial score (nSPS) is 17.1. The third-order valence-corrected chi connectivity index (χ3v) is 6.59. The second-order valence-electron chi connectivity index (χ2n) is 7.65. The lowest BCUT2D eigenvalue weighted by atomic mass is 10.1. The van der Waals surface area contributed by atoms with E-state index in [9.17, 15) is 14.9 Å². The number of para-hydroxylation sites is 1. The molecule has 1 amide bonds. The molecule has 0 saturated carbocycles. The summed E-state index contributed by atoms with van der Waals surface area (Å²) in [7, 11) is 0. The molecule has 0 aromatic heterocycles. The van der Waals surface area contributed by atoms with Crippen LogP contribution in [0.1, 0.15) is 28.8 Å². The van der Waals surface area contributed by atoms with Crippen molar-refractivity contribution >= 4 is 34.7 Å². The van der Waals surface area contributed by atoms with Crippen LogP contribution in [0.2, 0.25) is 0 Å². The first-order chi connectivity index (χ1) is 14.6. The Morgan fingerprint density at radius 1 is 1.07 bits per heavy atom. The Balaban J connectivity index is 1.52.